The fourth-order valence-corrected chi connectivity index (χ4v) is 3.81. The maximum atomic E-state index is 12.2. The first-order chi connectivity index (χ1) is 16.2. The minimum atomic E-state index is -0.465. The van der Waals surface area contributed by atoms with Crippen molar-refractivity contribution in [2.75, 3.05) is 6.54 Å². The lowest BCUT2D eigenvalue weighted by Gasteiger charge is -2.19. The third-order valence-electron chi connectivity index (χ3n) is 5.41. The number of nitrogens with one attached hydrogen (secondary N) is 2. The maximum absolute atomic E-state index is 12.2. The van der Waals surface area contributed by atoms with Gasteiger partial charge in [-0.3, -0.25) is 14.9 Å². The molecule has 1 aliphatic heterocycles. The van der Waals surface area contributed by atoms with E-state index in [9.17, 15) is 14.4 Å². The minimum Gasteiger partial charge on any atom is -0.457 e. The van der Waals surface area contributed by atoms with Crippen molar-refractivity contribution < 1.29 is 23.9 Å². The predicted octanol–water partition coefficient (Wildman–Crippen LogP) is 5.31. The lowest BCUT2D eigenvalue weighted by molar-refractivity contribution is -0.119. The molecule has 2 aromatic carbocycles. The summed E-state index contributed by atoms with van der Waals surface area (Å²) in [6.07, 6.45) is 6.18. The van der Waals surface area contributed by atoms with Crippen LogP contribution in [0.2, 0.25) is 0 Å². The molecule has 34 heavy (non-hydrogen) atoms. The highest BCUT2D eigenvalue weighted by molar-refractivity contribution is 6.11. The van der Waals surface area contributed by atoms with Crippen LogP contribution >= 0.6 is 0 Å². The van der Waals surface area contributed by atoms with E-state index < -0.39 is 11.5 Å². The number of carbonyl (C=O) groups is 3. The van der Waals surface area contributed by atoms with Gasteiger partial charge in [0, 0.05) is 6.54 Å². The Morgan fingerprint density at radius 2 is 1.68 bits per heavy atom. The zero-order chi connectivity index (χ0) is 24.6. The van der Waals surface area contributed by atoms with Crippen LogP contribution < -0.4 is 15.4 Å². The van der Waals surface area contributed by atoms with Crippen molar-refractivity contribution in [2.45, 2.75) is 71.3 Å². The van der Waals surface area contributed by atoms with Crippen LogP contribution in [-0.2, 0) is 22.4 Å². The summed E-state index contributed by atoms with van der Waals surface area (Å²) in [5.41, 5.74) is 1.88. The fourth-order valence-electron chi connectivity index (χ4n) is 3.81. The predicted molar refractivity (Wildman–Crippen MR) is 130 cm³/mol. The molecule has 0 saturated carbocycles. The molecule has 1 aliphatic rings. The molecule has 7 nitrogen and oxygen atoms in total. The summed E-state index contributed by atoms with van der Waals surface area (Å²) in [7, 11) is 0. The van der Waals surface area contributed by atoms with E-state index in [1.807, 2.05) is 45.0 Å². The van der Waals surface area contributed by atoms with E-state index in [1.165, 1.54) is 5.56 Å². The fraction of sp³-hybridized carbons (Fsp3) is 0.444. The Balaban J connectivity index is 1.36. The van der Waals surface area contributed by atoms with Crippen LogP contribution in [0.15, 0.2) is 42.5 Å². The molecule has 1 heterocycles. The summed E-state index contributed by atoms with van der Waals surface area (Å²) in [4.78, 5) is 35.4. The first-order valence-corrected chi connectivity index (χ1v) is 11.9. The van der Waals surface area contributed by atoms with E-state index in [0.717, 1.165) is 38.5 Å². The summed E-state index contributed by atoms with van der Waals surface area (Å²) in [6.45, 7) is 6.20. The summed E-state index contributed by atoms with van der Waals surface area (Å²) in [5, 5.41) is 5.14. The lowest BCUT2D eigenvalue weighted by Crippen LogP contribution is -2.37. The van der Waals surface area contributed by atoms with Crippen LogP contribution in [0.4, 0.5) is 4.79 Å². The van der Waals surface area contributed by atoms with Gasteiger partial charge in [-0.05, 0) is 69.4 Å². The van der Waals surface area contributed by atoms with Crippen molar-refractivity contribution in [3.63, 3.8) is 0 Å². The lowest BCUT2D eigenvalue weighted by atomic mass is 9.99. The highest BCUT2D eigenvalue weighted by Crippen LogP contribution is 2.30. The molecule has 0 aromatic heterocycles. The third-order valence-corrected chi connectivity index (χ3v) is 5.41. The van der Waals surface area contributed by atoms with E-state index in [4.69, 9.17) is 9.47 Å². The molecule has 2 N–H and O–H groups in total. The summed E-state index contributed by atoms with van der Waals surface area (Å²) in [6, 6.07) is 13.2. The van der Waals surface area contributed by atoms with Gasteiger partial charge in [0.15, 0.2) is 0 Å². The molecule has 2 aromatic rings. The Hall–Kier alpha value is -3.35. The Morgan fingerprint density at radius 1 is 0.971 bits per heavy atom. The van der Waals surface area contributed by atoms with Crippen molar-refractivity contribution in [3.8, 4) is 11.5 Å². The van der Waals surface area contributed by atoms with Gasteiger partial charge in [0.25, 0.3) is 5.91 Å². The van der Waals surface area contributed by atoms with Crippen molar-refractivity contribution in [1.29, 1.82) is 0 Å². The van der Waals surface area contributed by atoms with Crippen molar-refractivity contribution in [1.82, 2.24) is 10.6 Å². The number of fused-ring (bicyclic) bond motifs is 1. The molecule has 7 heteroatoms. The quantitative estimate of drug-likeness (QED) is 0.366. The first kappa shape index (κ1) is 25.3. The Bertz CT molecular complexity index is 1010. The van der Waals surface area contributed by atoms with E-state index >= 15 is 0 Å². The van der Waals surface area contributed by atoms with E-state index in [1.54, 1.807) is 18.2 Å². The number of rotatable bonds is 10. The van der Waals surface area contributed by atoms with Gasteiger partial charge in [-0.25, -0.2) is 4.79 Å². The molecule has 0 saturated heterocycles. The number of benzene rings is 2. The van der Waals surface area contributed by atoms with E-state index in [0.29, 0.717) is 29.2 Å². The molecule has 0 radical (unpaired) electrons. The zero-order valence-electron chi connectivity index (χ0n) is 20.2. The number of imide groups is 1. The normalized spacial score (nSPS) is 13.1. The number of hydrogen-bond donors (Lipinski definition) is 2. The Labute approximate surface area is 201 Å². The molecule has 182 valence electrons. The maximum Gasteiger partial charge on any atom is 0.407 e. The van der Waals surface area contributed by atoms with Crippen LogP contribution in [0.25, 0.3) is 0 Å². The summed E-state index contributed by atoms with van der Waals surface area (Å²) >= 11 is 0. The number of hydrogen-bond acceptors (Lipinski definition) is 5. The molecule has 0 aliphatic carbocycles. The molecule has 0 unspecified atom stereocenters. The van der Waals surface area contributed by atoms with Gasteiger partial charge >= 0.3 is 6.09 Å². The number of carbonyl (C=O) groups excluding carboxylic acids is 3. The van der Waals surface area contributed by atoms with Gasteiger partial charge in [0.2, 0.25) is 5.91 Å². The monoisotopic (exact) mass is 466 g/mol. The van der Waals surface area contributed by atoms with Crippen LogP contribution in [-0.4, -0.2) is 30.1 Å². The molecule has 3 rings (SSSR count). The second-order valence-electron chi connectivity index (χ2n) is 9.54. The molecule has 0 atom stereocenters. The zero-order valence-corrected chi connectivity index (χ0v) is 20.2. The van der Waals surface area contributed by atoms with Crippen LogP contribution in [0.3, 0.4) is 0 Å². The number of aryl methyl sites for hydroxylation is 1. The van der Waals surface area contributed by atoms with Crippen LogP contribution in [0, 0.1) is 0 Å². The third kappa shape index (κ3) is 7.90. The first-order valence-electron chi connectivity index (χ1n) is 11.9. The number of amides is 3. The van der Waals surface area contributed by atoms with Crippen LogP contribution in [0.5, 0.6) is 11.5 Å². The number of alkyl carbamates (subject to hydrolysis) is 1. The van der Waals surface area contributed by atoms with Gasteiger partial charge < -0.3 is 14.8 Å². The van der Waals surface area contributed by atoms with Gasteiger partial charge in [-0.1, -0.05) is 43.5 Å². The second kappa shape index (κ2) is 11.7. The molecule has 0 fully saturated rings. The molecular formula is C27H34N2O5. The largest absolute Gasteiger partial charge is 0.457 e. The average Bonchev–Trinajstić information content (AvgIpc) is 2.75. The second-order valence-corrected chi connectivity index (χ2v) is 9.54. The highest BCUT2D eigenvalue weighted by Gasteiger charge is 2.26. The topological polar surface area (TPSA) is 93.7 Å². The number of unbranched alkanes of at least 4 members (excludes halogenated alkanes) is 4. The summed E-state index contributed by atoms with van der Waals surface area (Å²) < 4.78 is 11.2. The molecule has 3 amide bonds. The molecule has 0 spiro atoms. The molecular weight excluding hydrogens is 432 g/mol. The van der Waals surface area contributed by atoms with Crippen molar-refractivity contribution >= 4 is 17.9 Å². The van der Waals surface area contributed by atoms with Crippen LogP contribution in [0.1, 0.15) is 74.4 Å². The van der Waals surface area contributed by atoms with Gasteiger partial charge in [-0.15, -0.1) is 0 Å². The number of ether oxygens (including phenoxy) is 2. The SMILES string of the molecule is CC(C)(C)OC(=O)NCCCCCCCc1ccc(Oc2cccc3c2C(=O)NC(=O)C3)cc1. The van der Waals surface area contributed by atoms with Crippen molar-refractivity contribution in [2.24, 2.45) is 0 Å². The highest BCUT2D eigenvalue weighted by atomic mass is 16.6. The minimum absolute atomic E-state index is 0.178. The summed E-state index contributed by atoms with van der Waals surface area (Å²) in [5.74, 6) is 0.395. The average molecular weight is 467 g/mol. The van der Waals surface area contributed by atoms with E-state index in [-0.39, 0.29) is 18.4 Å². The van der Waals surface area contributed by atoms with Gasteiger partial charge in [0.1, 0.15) is 17.1 Å². The Kier molecular flexibility index (Phi) is 8.68. The van der Waals surface area contributed by atoms with Crippen molar-refractivity contribution in [3.05, 3.63) is 59.2 Å². The van der Waals surface area contributed by atoms with E-state index in [2.05, 4.69) is 10.6 Å². The molecule has 0 bridgehead atoms. The van der Waals surface area contributed by atoms with Gasteiger partial charge in [0.05, 0.1) is 12.0 Å². The van der Waals surface area contributed by atoms with Gasteiger partial charge in [-0.2, -0.15) is 0 Å². The Morgan fingerprint density at radius 3 is 2.41 bits per heavy atom. The standard InChI is InChI=1S/C27H34N2O5/c1-27(2,3)34-26(32)28-17-8-6-4-5-7-10-19-13-15-21(16-14-19)33-22-12-9-11-20-18-23(30)29-25(31)24(20)22/h9,11-16H,4-8,10,17-18H2,1-3H3,(H,28,32)(H,29,30,31). The smallest absolute Gasteiger partial charge is 0.407 e.